The van der Waals surface area contributed by atoms with Crippen molar-refractivity contribution in [3.8, 4) is 0 Å². The molecule has 1 aliphatic rings. The van der Waals surface area contributed by atoms with Gasteiger partial charge in [-0.15, -0.1) is 0 Å². The second kappa shape index (κ2) is 6.15. The molecule has 1 fully saturated rings. The molecule has 20 heavy (non-hydrogen) atoms. The lowest BCUT2D eigenvalue weighted by Crippen LogP contribution is -2.36. The highest BCUT2D eigenvalue weighted by atomic mass is 35.5. The molecule has 2 heterocycles. The van der Waals surface area contributed by atoms with Crippen LogP contribution in [0, 0.1) is 10.1 Å². The molecule has 1 saturated heterocycles. The zero-order chi connectivity index (χ0) is 14.7. The maximum atomic E-state index is 12.4. The number of rotatable bonds is 2. The first-order valence-corrected chi connectivity index (χ1v) is 6.57. The van der Waals surface area contributed by atoms with Gasteiger partial charge in [-0.3, -0.25) is 14.9 Å². The summed E-state index contributed by atoms with van der Waals surface area (Å²) in [4.78, 5) is 27.9. The third kappa shape index (κ3) is 3.23. The predicted octanol–water partition coefficient (Wildman–Crippen LogP) is 1.89. The molecule has 1 aromatic rings. The Balaban J connectivity index is 2.27. The van der Waals surface area contributed by atoms with E-state index >= 15 is 0 Å². The number of hydrogen-bond acceptors (Lipinski definition) is 5. The molecule has 8 heteroatoms. The van der Waals surface area contributed by atoms with E-state index in [1.165, 1.54) is 0 Å². The monoisotopic (exact) mass is 299 g/mol. The molecule has 7 nitrogen and oxygen atoms in total. The van der Waals surface area contributed by atoms with Crippen LogP contribution in [0.5, 0.6) is 0 Å². The second-order valence-electron chi connectivity index (χ2n) is 4.58. The first-order chi connectivity index (χ1) is 9.49. The number of nitrogens with zero attached hydrogens (tertiary/aromatic N) is 3. The van der Waals surface area contributed by atoms with E-state index in [2.05, 4.69) is 4.98 Å². The van der Waals surface area contributed by atoms with E-state index < -0.39 is 4.92 Å². The summed E-state index contributed by atoms with van der Waals surface area (Å²) in [5.41, 5.74) is -0.202. The van der Waals surface area contributed by atoms with Crippen molar-refractivity contribution in [1.82, 2.24) is 9.88 Å². The molecule has 1 aliphatic heterocycles. The quantitative estimate of drug-likeness (QED) is 0.473. The SMILES string of the molecule is CC1CN(C(=O)c2cc([N+](=O)[O-])cnc2Cl)CCCO1. The molecule has 0 saturated carbocycles. The topological polar surface area (TPSA) is 85.6 Å². The second-order valence-corrected chi connectivity index (χ2v) is 4.93. The summed E-state index contributed by atoms with van der Waals surface area (Å²) in [6.07, 6.45) is 1.68. The molecule has 0 aromatic carbocycles. The molecule has 0 radical (unpaired) electrons. The lowest BCUT2D eigenvalue weighted by molar-refractivity contribution is -0.385. The van der Waals surface area contributed by atoms with Crippen molar-refractivity contribution in [3.63, 3.8) is 0 Å². The van der Waals surface area contributed by atoms with E-state index in [-0.39, 0.29) is 28.4 Å². The number of carbonyl (C=O) groups excluding carboxylic acids is 1. The van der Waals surface area contributed by atoms with E-state index in [9.17, 15) is 14.9 Å². The molecule has 1 unspecified atom stereocenters. The molecule has 0 aliphatic carbocycles. The first kappa shape index (κ1) is 14.7. The molecule has 2 rings (SSSR count). The number of nitro groups is 1. The lowest BCUT2D eigenvalue weighted by atomic mass is 10.2. The highest BCUT2D eigenvalue weighted by Crippen LogP contribution is 2.21. The third-order valence-corrected chi connectivity index (χ3v) is 3.31. The summed E-state index contributed by atoms with van der Waals surface area (Å²) < 4.78 is 5.46. The molecule has 1 aromatic heterocycles. The van der Waals surface area contributed by atoms with Crippen LogP contribution in [0.3, 0.4) is 0 Å². The van der Waals surface area contributed by atoms with Gasteiger partial charge in [-0.2, -0.15) is 0 Å². The van der Waals surface area contributed by atoms with Gasteiger partial charge in [0.15, 0.2) is 0 Å². The zero-order valence-electron chi connectivity index (χ0n) is 10.9. The molecule has 108 valence electrons. The summed E-state index contributed by atoms with van der Waals surface area (Å²) in [7, 11) is 0. The maximum absolute atomic E-state index is 12.4. The van der Waals surface area contributed by atoms with Crippen molar-refractivity contribution in [2.24, 2.45) is 0 Å². The Hall–Kier alpha value is -1.73. The predicted molar refractivity (Wildman–Crippen MR) is 71.8 cm³/mol. The van der Waals surface area contributed by atoms with Crippen molar-refractivity contribution in [1.29, 1.82) is 0 Å². The van der Waals surface area contributed by atoms with Crippen LogP contribution in [0.2, 0.25) is 5.15 Å². The van der Waals surface area contributed by atoms with Gasteiger partial charge in [0.1, 0.15) is 11.3 Å². The highest BCUT2D eigenvalue weighted by Gasteiger charge is 2.25. The average molecular weight is 300 g/mol. The molecule has 1 amide bonds. The van der Waals surface area contributed by atoms with Crippen LogP contribution in [0.25, 0.3) is 0 Å². The average Bonchev–Trinajstić information content (AvgIpc) is 2.63. The number of hydrogen-bond donors (Lipinski definition) is 0. The van der Waals surface area contributed by atoms with Crippen LogP contribution in [0.4, 0.5) is 5.69 Å². The lowest BCUT2D eigenvalue weighted by Gasteiger charge is -2.22. The number of aromatic nitrogens is 1. The summed E-state index contributed by atoms with van der Waals surface area (Å²) in [5, 5.41) is 10.7. The molecule has 0 bridgehead atoms. The third-order valence-electron chi connectivity index (χ3n) is 3.01. The summed E-state index contributed by atoms with van der Waals surface area (Å²) in [6, 6.07) is 1.16. The Bertz CT molecular complexity index is 537. The van der Waals surface area contributed by atoms with Gasteiger partial charge in [0, 0.05) is 25.8 Å². The number of carbonyl (C=O) groups is 1. The van der Waals surface area contributed by atoms with E-state index in [0.29, 0.717) is 19.7 Å². The van der Waals surface area contributed by atoms with Crippen molar-refractivity contribution in [2.75, 3.05) is 19.7 Å². The van der Waals surface area contributed by atoms with E-state index in [0.717, 1.165) is 18.7 Å². The summed E-state index contributed by atoms with van der Waals surface area (Å²) in [5.74, 6) is -0.358. The Labute approximate surface area is 120 Å². The Morgan fingerprint density at radius 1 is 1.65 bits per heavy atom. The van der Waals surface area contributed by atoms with Gasteiger partial charge in [0.05, 0.1) is 16.6 Å². The smallest absolute Gasteiger partial charge is 0.288 e. The van der Waals surface area contributed by atoms with Crippen molar-refractivity contribution < 1.29 is 14.5 Å². The van der Waals surface area contributed by atoms with Gasteiger partial charge < -0.3 is 9.64 Å². The molecule has 0 spiro atoms. The Morgan fingerprint density at radius 2 is 2.40 bits per heavy atom. The first-order valence-electron chi connectivity index (χ1n) is 6.20. The van der Waals surface area contributed by atoms with E-state index in [1.807, 2.05) is 6.92 Å². The standard InChI is InChI=1S/C12H14ClN3O4/c1-8-7-15(3-2-4-20-8)12(17)10-5-9(16(18)19)6-14-11(10)13/h5-6,8H,2-4,7H2,1H3. The van der Waals surface area contributed by atoms with Gasteiger partial charge in [-0.25, -0.2) is 4.98 Å². The zero-order valence-corrected chi connectivity index (χ0v) is 11.7. The largest absolute Gasteiger partial charge is 0.377 e. The van der Waals surface area contributed by atoms with Gasteiger partial charge in [-0.05, 0) is 13.3 Å². The fourth-order valence-corrected chi connectivity index (χ4v) is 2.22. The minimum Gasteiger partial charge on any atom is -0.377 e. The van der Waals surface area contributed by atoms with Crippen LogP contribution in [0.15, 0.2) is 12.3 Å². The van der Waals surface area contributed by atoms with Gasteiger partial charge >= 0.3 is 0 Å². The maximum Gasteiger partial charge on any atom is 0.288 e. The van der Waals surface area contributed by atoms with Crippen molar-refractivity contribution in [3.05, 3.63) is 33.1 Å². The van der Waals surface area contributed by atoms with Crippen LogP contribution in [0.1, 0.15) is 23.7 Å². The minimum atomic E-state index is -0.603. The van der Waals surface area contributed by atoms with Crippen LogP contribution >= 0.6 is 11.6 Å². The number of halogens is 1. The van der Waals surface area contributed by atoms with Crippen molar-refractivity contribution >= 4 is 23.2 Å². The van der Waals surface area contributed by atoms with Crippen LogP contribution in [-0.2, 0) is 4.74 Å². The fraction of sp³-hybridized carbons (Fsp3) is 0.500. The van der Waals surface area contributed by atoms with Gasteiger partial charge in [-0.1, -0.05) is 11.6 Å². The molecule has 0 N–H and O–H groups in total. The highest BCUT2D eigenvalue weighted by molar-refractivity contribution is 6.32. The Morgan fingerprint density at radius 3 is 3.10 bits per heavy atom. The molecular formula is C12H14ClN3O4. The van der Waals surface area contributed by atoms with Crippen LogP contribution in [-0.4, -0.2) is 46.5 Å². The van der Waals surface area contributed by atoms with E-state index in [4.69, 9.17) is 16.3 Å². The van der Waals surface area contributed by atoms with Gasteiger partial charge in [0.2, 0.25) is 0 Å². The summed E-state index contributed by atoms with van der Waals surface area (Å²) >= 11 is 5.88. The van der Waals surface area contributed by atoms with E-state index in [1.54, 1.807) is 4.90 Å². The normalized spacial score (nSPS) is 19.5. The minimum absolute atomic E-state index is 0.0292. The molecule has 1 atom stereocenters. The number of ether oxygens (including phenoxy) is 1. The summed E-state index contributed by atoms with van der Waals surface area (Å²) in [6.45, 7) is 3.42. The molecular weight excluding hydrogens is 286 g/mol. The number of amides is 1. The number of pyridine rings is 1. The fourth-order valence-electron chi connectivity index (χ4n) is 2.04. The van der Waals surface area contributed by atoms with Crippen LogP contribution < -0.4 is 0 Å². The van der Waals surface area contributed by atoms with Gasteiger partial charge in [0.25, 0.3) is 11.6 Å². The van der Waals surface area contributed by atoms with Crippen molar-refractivity contribution in [2.45, 2.75) is 19.4 Å². The Kier molecular flexibility index (Phi) is 4.51.